The van der Waals surface area contributed by atoms with E-state index in [1.807, 2.05) is 14.0 Å². The normalized spacial score (nSPS) is 33.6. The van der Waals surface area contributed by atoms with E-state index >= 15 is 0 Å². The summed E-state index contributed by atoms with van der Waals surface area (Å²) in [5, 5.41) is 3.26. The number of morpholine rings is 1. The molecule has 2 aliphatic heterocycles. The molecular weight excluding hydrogens is 220 g/mol. The van der Waals surface area contributed by atoms with Gasteiger partial charge >= 0.3 is 0 Å². The molecule has 0 saturated carbocycles. The summed E-state index contributed by atoms with van der Waals surface area (Å²) in [5.74, 6) is 0.0733. The average Bonchev–Trinajstić information content (AvgIpc) is 2.78. The molecule has 0 bridgehead atoms. The minimum atomic E-state index is -0.614. The first-order valence-electron chi connectivity index (χ1n) is 6.34. The second-order valence-corrected chi connectivity index (χ2v) is 5.07. The summed E-state index contributed by atoms with van der Waals surface area (Å²) in [6, 6.07) is 0. The zero-order valence-corrected chi connectivity index (χ0v) is 10.7. The third-order valence-electron chi connectivity index (χ3n) is 3.50. The molecule has 2 unspecified atom stereocenters. The molecule has 1 amide bonds. The number of nitrogens with one attached hydrogen (secondary N) is 1. The lowest BCUT2D eigenvalue weighted by Crippen LogP contribution is -2.50. The molecule has 1 N–H and O–H groups in total. The Bertz CT molecular complexity index is 271. The van der Waals surface area contributed by atoms with Gasteiger partial charge in [0.25, 0.3) is 5.91 Å². The molecule has 0 aromatic rings. The molecule has 5 nitrogen and oxygen atoms in total. The average molecular weight is 242 g/mol. The summed E-state index contributed by atoms with van der Waals surface area (Å²) >= 11 is 0. The van der Waals surface area contributed by atoms with Gasteiger partial charge in [-0.05, 0) is 19.8 Å². The van der Waals surface area contributed by atoms with Gasteiger partial charge in [0.15, 0.2) is 0 Å². The summed E-state index contributed by atoms with van der Waals surface area (Å²) in [4.78, 5) is 14.0. The van der Waals surface area contributed by atoms with Gasteiger partial charge in [0.2, 0.25) is 0 Å². The highest BCUT2D eigenvalue weighted by Crippen LogP contribution is 2.26. The van der Waals surface area contributed by atoms with Gasteiger partial charge < -0.3 is 19.7 Å². The Morgan fingerprint density at radius 2 is 2.35 bits per heavy atom. The molecule has 0 aromatic carbocycles. The van der Waals surface area contributed by atoms with Crippen LogP contribution in [0, 0.1) is 0 Å². The smallest absolute Gasteiger partial charge is 0.254 e. The SMILES string of the molecule is CN(CC1CNCCO1)C(=O)C1(C)CCCO1. The van der Waals surface area contributed by atoms with Gasteiger partial charge in [-0.25, -0.2) is 0 Å². The Hall–Kier alpha value is -0.650. The van der Waals surface area contributed by atoms with Crippen molar-refractivity contribution in [3.05, 3.63) is 0 Å². The fourth-order valence-electron chi connectivity index (χ4n) is 2.48. The van der Waals surface area contributed by atoms with Gasteiger partial charge in [-0.2, -0.15) is 0 Å². The first kappa shape index (κ1) is 12.8. The summed E-state index contributed by atoms with van der Waals surface area (Å²) in [6.07, 6.45) is 1.89. The first-order chi connectivity index (χ1) is 8.12. The van der Waals surface area contributed by atoms with Crippen LogP contribution in [0.1, 0.15) is 19.8 Å². The summed E-state index contributed by atoms with van der Waals surface area (Å²) in [5.41, 5.74) is -0.614. The highest BCUT2D eigenvalue weighted by atomic mass is 16.5. The van der Waals surface area contributed by atoms with Crippen molar-refractivity contribution in [3.8, 4) is 0 Å². The van der Waals surface area contributed by atoms with Gasteiger partial charge in [-0.3, -0.25) is 4.79 Å². The minimum Gasteiger partial charge on any atom is -0.374 e. The van der Waals surface area contributed by atoms with Crippen molar-refractivity contribution in [2.45, 2.75) is 31.5 Å². The minimum absolute atomic E-state index is 0.0733. The number of carbonyl (C=O) groups is 1. The third-order valence-corrected chi connectivity index (χ3v) is 3.50. The zero-order valence-electron chi connectivity index (χ0n) is 10.7. The van der Waals surface area contributed by atoms with Crippen LogP contribution >= 0.6 is 0 Å². The predicted molar refractivity (Wildman–Crippen MR) is 63.8 cm³/mol. The van der Waals surface area contributed by atoms with E-state index in [9.17, 15) is 4.79 Å². The van der Waals surface area contributed by atoms with Crippen LogP contribution in [0.4, 0.5) is 0 Å². The Labute approximate surface area is 102 Å². The van der Waals surface area contributed by atoms with E-state index in [1.54, 1.807) is 4.90 Å². The van der Waals surface area contributed by atoms with E-state index in [1.165, 1.54) is 0 Å². The maximum absolute atomic E-state index is 12.3. The number of rotatable bonds is 3. The molecule has 2 aliphatic rings. The van der Waals surface area contributed by atoms with Crippen LogP contribution in [0.15, 0.2) is 0 Å². The van der Waals surface area contributed by atoms with Crippen molar-refractivity contribution in [1.29, 1.82) is 0 Å². The fourth-order valence-corrected chi connectivity index (χ4v) is 2.48. The van der Waals surface area contributed by atoms with Gasteiger partial charge in [-0.15, -0.1) is 0 Å². The highest BCUT2D eigenvalue weighted by molar-refractivity contribution is 5.84. The molecule has 5 heteroatoms. The maximum atomic E-state index is 12.3. The van der Waals surface area contributed by atoms with Crippen LogP contribution in [-0.2, 0) is 14.3 Å². The largest absolute Gasteiger partial charge is 0.374 e. The second kappa shape index (κ2) is 5.33. The maximum Gasteiger partial charge on any atom is 0.254 e. The van der Waals surface area contributed by atoms with E-state index in [2.05, 4.69) is 5.32 Å². The van der Waals surface area contributed by atoms with Crippen molar-refractivity contribution >= 4 is 5.91 Å². The third kappa shape index (κ3) is 2.97. The van der Waals surface area contributed by atoms with Crippen LogP contribution < -0.4 is 5.32 Å². The lowest BCUT2D eigenvalue weighted by Gasteiger charge is -2.32. The predicted octanol–water partition coefficient (Wildman–Crippen LogP) is 0.00230. The highest BCUT2D eigenvalue weighted by Gasteiger charge is 2.40. The van der Waals surface area contributed by atoms with Crippen LogP contribution in [0.2, 0.25) is 0 Å². The lowest BCUT2D eigenvalue weighted by atomic mass is 10.0. The number of carbonyl (C=O) groups excluding carboxylic acids is 1. The molecule has 2 heterocycles. The zero-order chi connectivity index (χ0) is 12.3. The van der Waals surface area contributed by atoms with Gasteiger partial charge in [0.05, 0.1) is 12.7 Å². The molecule has 2 rings (SSSR count). The van der Waals surface area contributed by atoms with Crippen LogP contribution in [0.25, 0.3) is 0 Å². The van der Waals surface area contributed by atoms with E-state index < -0.39 is 5.60 Å². The first-order valence-corrected chi connectivity index (χ1v) is 6.34. The number of nitrogens with zero attached hydrogens (tertiary/aromatic N) is 1. The van der Waals surface area contributed by atoms with E-state index in [4.69, 9.17) is 9.47 Å². The van der Waals surface area contributed by atoms with Crippen molar-refractivity contribution in [1.82, 2.24) is 10.2 Å². The van der Waals surface area contributed by atoms with Crippen LogP contribution in [0.3, 0.4) is 0 Å². The molecule has 17 heavy (non-hydrogen) atoms. The van der Waals surface area contributed by atoms with E-state index in [0.29, 0.717) is 13.2 Å². The quantitative estimate of drug-likeness (QED) is 0.757. The summed E-state index contributed by atoms with van der Waals surface area (Å²) < 4.78 is 11.2. The fraction of sp³-hybridized carbons (Fsp3) is 0.917. The Kier molecular flexibility index (Phi) is 4.01. The topological polar surface area (TPSA) is 50.8 Å². The molecule has 2 fully saturated rings. The van der Waals surface area contributed by atoms with Crippen molar-refractivity contribution < 1.29 is 14.3 Å². The molecule has 0 aromatic heterocycles. The van der Waals surface area contributed by atoms with Gasteiger partial charge in [0.1, 0.15) is 5.60 Å². The van der Waals surface area contributed by atoms with Crippen molar-refractivity contribution in [2.24, 2.45) is 0 Å². The Morgan fingerprint density at radius 3 is 2.94 bits per heavy atom. The molecule has 2 atom stereocenters. The standard InChI is InChI=1S/C12H22N2O3/c1-12(4-3-6-17-12)11(15)14(2)9-10-8-13-5-7-16-10/h10,13H,3-9H2,1-2H3. The van der Waals surface area contributed by atoms with Gasteiger partial charge in [-0.1, -0.05) is 0 Å². The van der Waals surface area contributed by atoms with Gasteiger partial charge in [0, 0.05) is 33.3 Å². The van der Waals surface area contributed by atoms with E-state index in [0.717, 1.165) is 32.5 Å². The molecular formula is C12H22N2O3. The lowest BCUT2D eigenvalue weighted by molar-refractivity contribution is -0.151. The second-order valence-electron chi connectivity index (χ2n) is 5.07. The monoisotopic (exact) mass is 242 g/mol. The number of hydrogen-bond acceptors (Lipinski definition) is 4. The molecule has 2 saturated heterocycles. The number of ether oxygens (including phenoxy) is 2. The van der Waals surface area contributed by atoms with Crippen molar-refractivity contribution in [2.75, 3.05) is 39.9 Å². The Morgan fingerprint density at radius 1 is 1.53 bits per heavy atom. The number of amides is 1. The molecule has 98 valence electrons. The number of hydrogen-bond donors (Lipinski definition) is 1. The molecule has 0 radical (unpaired) electrons. The summed E-state index contributed by atoms with van der Waals surface area (Å²) in [7, 11) is 1.83. The van der Waals surface area contributed by atoms with E-state index in [-0.39, 0.29) is 12.0 Å². The molecule has 0 spiro atoms. The summed E-state index contributed by atoms with van der Waals surface area (Å²) in [6.45, 7) is 5.64. The van der Waals surface area contributed by atoms with Crippen LogP contribution in [0.5, 0.6) is 0 Å². The van der Waals surface area contributed by atoms with Crippen LogP contribution in [-0.4, -0.2) is 62.4 Å². The Balaban J connectivity index is 1.85. The number of likely N-dealkylation sites (N-methyl/N-ethyl adjacent to an activating group) is 1. The molecule has 0 aliphatic carbocycles. The van der Waals surface area contributed by atoms with Crippen molar-refractivity contribution in [3.63, 3.8) is 0 Å².